The first kappa shape index (κ1) is 22.8. The van der Waals surface area contributed by atoms with Crippen molar-refractivity contribution in [2.45, 2.75) is 57.7 Å². The molecule has 2 heterocycles. The fraction of sp³-hybridized carbons (Fsp3) is 0.600. The van der Waals surface area contributed by atoms with E-state index in [0.29, 0.717) is 25.6 Å². The average molecular weight is 445 g/mol. The van der Waals surface area contributed by atoms with E-state index >= 15 is 0 Å². The van der Waals surface area contributed by atoms with Gasteiger partial charge in [0.1, 0.15) is 11.7 Å². The van der Waals surface area contributed by atoms with Gasteiger partial charge in [-0.2, -0.15) is 0 Å². The molecular weight excluding hydrogens is 412 g/mol. The van der Waals surface area contributed by atoms with Crippen molar-refractivity contribution in [3.63, 3.8) is 0 Å². The van der Waals surface area contributed by atoms with E-state index in [0.717, 1.165) is 62.0 Å². The Hall–Kier alpha value is -2.38. The highest BCUT2D eigenvalue weighted by Crippen LogP contribution is 2.46. The summed E-state index contributed by atoms with van der Waals surface area (Å²) in [6, 6.07) is 7.62. The van der Waals surface area contributed by atoms with E-state index in [1.807, 2.05) is 24.3 Å². The molecule has 0 bridgehead atoms. The van der Waals surface area contributed by atoms with Gasteiger partial charge in [-0.3, -0.25) is 9.59 Å². The van der Waals surface area contributed by atoms with Gasteiger partial charge in [0.25, 0.3) is 0 Å². The summed E-state index contributed by atoms with van der Waals surface area (Å²) >= 11 is 0. The number of benzene rings is 1. The third-order valence-corrected chi connectivity index (χ3v) is 6.12. The smallest absolute Gasteiger partial charge is 0.317 e. The van der Waals surface area contributed by atoms with Crippen LogP contribution in [-0.4, -0.2) is 51.1 Å². The lowest BCUT2D eigenvalue weighted by atomic mass is 9.83. The molecule has 0 saturated carbocycles. The molecule has 32 heavy (non-hydrogen) atoms. The Morgan fingerprint density at radius 3 is 2.69 bits per heavy atom. The molecule has 0 N–H and O–H groups in total. The van der Waals surface area contributed by atoms with Gasteiger partial charge in [-0.05, 0) is 62.3 Å². The summed E-state index contributed by atoms with van der Waals surface area (Å²) in [5, 5.41) is 0. The normalized spacial score (nSPS) is 25.3. The monoisotopic (exact) mass is 444 g/mol. The molecule has 3 aliphatic rings. The number of hydrogen-bond donors (Lipinski definition) is 0. The number of Topliss-reactive ketones (excluding diaryl/α,β-unsaturated/α-hetero) is 1. The first-order chi connectivity index (χ1) is 15.7. The highest BCUT2D eigenvalue weighted by molar-refractivity contribution is 6.11. The lowest BCUT2D eigenvalue weighted by molar-refractivity contribution is -0.163. The highest BCUT2D eigenvalue weighted by Gasteiger charge is 2.49. The van der Waals surface area contributed by atoms with Gasteiger partial charge < -0.3 is 23.7 Å². The molecule has 0 radical (unpaired) electrons. The first-order valence-electron chi connectivity index (χ1n) is 11.7. The topological polar surface area (TPSA) is 80.3 Å². The molecule has 1 aliphatic carbocycles. The van der Waals surface area contributed by atoms with Gasteiger partial charge in [0.15, 0.2) is 12.0 Å². The van der Waals surface area contributed by atoms with Gasteiger partial charge in [-0.25, -0.2) is 0 Å². The van der Waals surface area contributed by atoms with Crippen LogP contribution in [0.25, 0.3) is 0 Å². The molecule has 3 atom stereocenters. The highest BCUT2D eigenvalue weighted by atomic mass is 16.7. The number of rotatable bonds is 9. The van der Waals surface area contributed by atoms with E-state index in [2.05, 4.69) is 0 Å². The minimum atomic E-state index is -0.871. The number of ether oxygens (including phenoxy) is 5. The molecule has 1 aromatic rings. The molecule has 1 aromatic carbocycles. The second-order valence-corrected chi connectivity index (χ2v) is 8.32. The van der Waals surface area contributed by atoms with E-state index in [-0.39, 0.29) is 24.6 Å². The quantitative estimate of drug-likeness (QED) is 0.325. The largest absolute Gasteiger partial charge is 0.494 e. The zero-order valence-electron chi connectivity index (χ0n) is 18.7. The van der Waals surface area contributed by atoms with Crippen LogP contribution in [0.15, 0.2) is 35.6 Å². The second kappa shape index (κ2) is 11.0. The molecule has 0 amide bonds. The van der Waals surface area contributed by atoms with Gasteiger partial charge in [-0.15, -0.1) is 0 Å². The Morgan fingerprint density at radius 1 is 1.09 bits per heavy atom. The lowest BCUT2D eigenvalue weighted by Gasteiger charge is -2.22. The Balaban J connectivity index is 1.35. The van der Waals surface area contributed by atoms with Crippen LogP contribution in [0.3, 0.4) is 0 Å². The summed E-state index contributed by atoms with van der Waals surface area (Å²) in [6.45, 7) is 4.42. The molecule has 4 rings (SSSR count). The Labute approximate surface area is 189 Å². The van der Waals surface area contributed by atoms with Gasteiger partial charge >= 0.3 is 5.97 Å². The summed E-state index contributed by atoms with van der Waals surface area (Å²) in [7, 11) is 0. The Bertz CT molecular complexity index is 823. The number of ketones is 1. The molecule has 7 heteroatoms. The van der Waals surface area contributed by atoms with Crippen LogP contribution in [0.1, 0.15) is 56.9 Å². The number of allylic oxidation sites excluding steroid dienone is 2. The fourth-order valence-electron chi connectivity index (χ4n) is 4.61. The predicted octanol–water partition coefficient (Wildman–Crippen LogP) is 3.91. The van der Waals surface area contributed by atoms with Crippen LogP contribution < -0.4 is 4.74 Å². The van der Waals surface area contributed by atoms with E-state index in [1.54, 1.807) is 6.92 Å². The van der Waals surface area contributed by atoms with E-state index in [1.165, 1.54) is 0 Å². The zero-order chi connectivity index (χ0) is 22.3. The zero-order valence-corrected chi connectivity index (χ0v) is 18.7. The van der Waals surface area contributed by atoms with Crippen molar-refractivity contribution in [1.82, 2.24) is 0 Å². The summed E-state index contributed by atoms with van der Waals surface area (Å²) in [4.78, 5) is 25.5. The van der Waals surface area contributed by atoms with Crippen molar-refractivity contribution in [3.05, 3.63) is 41.2 Å². The summed E-state index contributed by atoms with van der Waals surface area (Å²) in [5.74, 6) is -0.845. The van der Waals surface area contributed by atoms with Crippen LogP contribution in [-0.2, 0) is 28.5 Å². The van der Waals surface area contributed by atoms with Gasteiger partial charge in [0.2, 0.25) is 5.78 Å². The molecule has 1 saturated heterocycles. The molecule has 2 aliphatic heterocycles. The van der Waals surface area contributed by atoms with E-state index in [9.17, 15) is 9.59 Å². The van der Waals surface area contributed by atoms with Crippen molar-refractivity contribution in [2.24, 2.45) is 5.92 Å². The summed E-state index contributed by atoms with van der Waals surface area (Å²) in [6.07, 6.45) is 5.52. The van der Waals surface area contributed by atoms with Crippen LogP contribution in [0.5, 0.6) is 5.75 Å². The number of hydrogen-bond acceptors (Lipinski definition) is 7. The maximum absolute atomic E-state index is 12.9. The molecule has 174 valence electrons. The van der Waals surface area contributed by atoms with Crippen molar-refractivity contribution in [2.75, 3.05) is 33.0 Å². The summed E-state index contributed by atoms with van der Waals surface area (Å²) < 4.78 is 28.0. The minimum absolute atomic E-state index is 0.0764. The molecule has 0 aromatic heterocycles. The maximum atomic E-state index is 12.9. The molecule has 1 fully saturated rings. The van der Waals surface area contributed by atoms with E-state index in [4.69, 9.17) is 23.7 Å². The Kier molecular flexibility index (Phi) is 7.81. The second-order valence-electron chi connectivity index (χ2n) is 8.32. The molecular formula is C25H32O7. The molecule has 0 spiro atoms. The van der Waals surface area contributed by atoms with Crippen LogP contribution in [0.4, 0.5) is 0 Å². The van der Waals surface area contributed by atoms with Crippen LogP contribution in [0.2, 0.25) is 0 Å². The standard InChI is InChI=1S/C25H32O7/c1-2-28-25(27)22-21(19-7-5-14-32-24(19)23(22)26)17-9-11-18(12-10-17)29-15-6-16-31-20-8-3-4-13-30-20/h9-12,20-22H,2-8,13-16H2,1H3. The predicted molar refractivity (Wildman–Crippen MR) is 116 cm³/mol. The molecule has 7 nitrogen and oxygen atoms in total. The van der Waals surface area contributed by atoms with Crippen LogP contribution in [0, 0.1) is 5.92 Å². The fourth-order valence-corrected chi connectivity index (χ4v) is 4.61. The van der Waals surface area contributed by atoms with Crippen molar-refractivity contribution in [3.8, 4) is 5.75 Å². The lowest BCUT2D eigenvalue weighted by Crippen LogP contribution is -2.28. The average Bonchev–Trinajstić information content (AvgIpc) is 3.13. The third-order valence-electron chi connectivity index (χ3n) is 6.12. The SMILES string of the molecule is CCOC(=O)C1C(=O)C2=C(CCCO2)C1c1ccc(OCCCOC2CCCCO2)cc1. The Morgan fingerprint density at radius 2 is 1.94 bits per heavy atom. The number of carbonyl (C=O) groups is 2. The van der Waals surface area contributed by atoms with Crippen molar-refractivity contribution >= 4 is 11.8 Å². The number of carbonyl (C=O) groups excluding carboxylic acids is 2. The molecule has 3 unspecified atom stereocenters. The third kappa shape index (κ3) is 5.15. The van der Waals surface area contributed by atoms with Crippen molar-refractivity contribution in [1.29, 1.82) is 0 Å². The van der Waals surface area contributed by atoms with Gasteiger partial charge in [0, 0.05) is 18.9 Å². The van der Waals surface area contributed by atoms with Gasteiger partial charge in [-0.1, -0.05) is 12.1 Å². The van der Waals surface area contributed by atoms with Gasteiger partial charge in [0.05, 0.1) is 26.4 Å². The summed E-state index contributed by atoms with van der Waals surface area (Å²) in [5.41, 5.74) is 1.81. The minimum Gasteiger partial charge on any atom is -0.494 e. The van der Waals surface area contributed by atoms with Crippen LogP contribution >= 0.6 is 0 Å². The number of esters is 1. The van der Waals surface area contributed by atoms with Crippen molar-refractivity contribution < 1.29 is 33.3 Å². The first-order valence-corrected chi connectivity index (χ1v) is 11.7. The van der Waals surface area contributed by atoms with E-state index < -0.39 is 11.9 Å². The maximum Gasteiger partial charge on any atom is 0.317 e.